The molecule has 2 rings (SSSR count). The molecule has 2 fully saturated rings. The lowest BCUT2D eigenvalue weighted by molar-refractivity contribution is -0.106. The van der Waals surface area contributed by atoms with Gasteiger partial charge in [-0.2, -0.15) is 0 Å². The molecule has 1 N–H and O–H groups in total. The van der Waals surface area contributed by atoms with E-state index in [-0.39, 0.29) is 12.4 Å². The van der Waals surface area contributed by atoms with Gasteiger partial charge in [0.1, 0.15) is 0 Å². The lowest BCUT2D eigenvalue weighted by Gasteiger charge is -2.51. The van der Waals surface area contributed by atoms with Crippen LogP contribution < -0.4 is 5.32 Å². The molecule has 1 spiro atoms. The third kappa shape index (κ3) is 1.48. The summed E-state index contributed by atoms with van der Waals surface area (Å²) in [6, 6.07) is 0. The van der Waals surface area contributed by atoms with Crippen LogP contribution in [-0.4, -0.2) is 26.3 Å². The maximum Gasteiger partial charge on any atom is 0.0628 e. The summed E-state index contributed by atoms with van der Waals surface area (Å²) in [5, 5.41) is 3.40. The van der Waals surface area contributed by atoms with Gasteiger partial charge in [-0.3, -0.25) is 0 Å². The SMILES string of the molecule is COC1CCC12CCNCC2.Cl. The minimum Gasteiger partial charge on any atom is -0.381 e. The summed E-state index contributed by atoms with van der Waals surface area (Å²) in [6.45, 7) is 2.39. The van der Waals surface area contributed by atoms with Crippen LogP contribution in [0.4, 0.5) is 0 Å². The van der Waals surface area contributed by atoms with E-state index in [9.17, 15) is 0 Å². The lowest BCUT2D eigenvalue weighted by atomic mass is 9.61. The molecule has 0 bridgehead atoms. The van der Waals surface area contributed by atoms with Gasteiger partial charge in [-0.1, -0.05) is 0 Å². The highest BCUT2D eigenvalue weighted by atomic mass is 35.5. The van der Waals surface area contributed by atoms with E-state index in [0.29, 0.717) is 11.5 Å². The molecule has 1 heterocycles. The van der Waals surface area contributed by atoms with Gasteiger partial charge in [0.05, 0.1) is 6.10 Å². The average molecular weight is 192 g/mol. The number of hydrogen-bond donors (Lipinski definition) is 1. The maximum atomic E-state index is 5.45. The Hall–Kier alpha value is 0.210. The van der Waals surface area contributed by atoms with E-state index < -0.39 is 0 Å². The summed E-state index contributed by atoms with van der Waals surface area (Å²) < 4.78 is 5.45. The topological polar surface area (TPSA) is 21.3 Å². The lowest BCUT2D eigenvalue weighted by Crippen LogP contribution is -2.51. The zero-order valence-corrected chi connectivity index (χ0v) is 8.45. The van der Waals surface area contributed by atoms with Gasteiger partial charge in [0, 0.05) is 7.11 Å². The van der Waals surface area contributed by atoms with E-state index >= 15 is 0 Å². The fraction of sp³-hybridized carbons (Fsp3) is 1.00. The number of nitrogens with one attached hydrogen (secondary N) is 1. The van der Waals surface area contributed by atoms with Crippen LogP contribution in [0.2, 0.25) is 0 Å². The molecule has 12 heavy (non-hydrogen) atoms. The summed E-state index contributed by atoms with van der Waals surface area (Å²) >= 11 is 0. The van der Waals surface area contributed by atoms with Crippen molar-refractivity contribution in [3.8, 4) is 0 Å². The molecule has 0 aromatic rings. The van der Waals surface area contributed by atoms with E-state index in [0.717, 1.165) is 0 Å². The second-order valence-corrected chi connectivity index (χ2v) is 3.88. The highest BCUT2D eigenvalue weighted by Gasteiger charge is 2.47. The van der Waals surface area contributed by atoms with Crippen LogP contribution in [0.15, 0.2) is 0 Å². The van der Waals surface area contributed by atoms with Crippen molar-refractivity contribution in [3.05, 3.63) is 0 Å². The maximum absolute atomic E-state index is 5.45. The zero-order valence-electron chi connectivity index (χ0n) is 7.64. The Bertz CT molecular complexity index is 143. The first-order valence-electron chi connectivity index (χ1n) is 4.61. The van der Waals surface area contributed by atoms with Gasteiger partial charge in [-0.15, -0.1) is 12.4 Å². The summed E-state index contributed by atoms with van der Waals surface area (Å²) in [7, 11) is 1.85. The van der Waals surface area contributed by atoms with Crippen LogP contribution in [-0.2, 0) is 4.74 Å². The number of hydrogen-bond acceptors (Lipinski definition) is 2. The first-order chi connectivity index (χ1) is 5.37. The normalized spacial score (nSPS) is 32.2. The summed E-state index contributed by atoms with van der Waals surface area (Å²) in [5.41, 5.74) is 0.583. The van der Waals surface area contributed by atoms with Gasteiger partial charge >= 0.3 is 0 Å². The van der Waals surface area contributed by atoms with E-state index in [1.807, 2.05) is 7.11 Å². The van der Waals surface area contributed by atoms with Crippen LogP contribution in [0.1, 0.15) is 25.7 Å². The molecule has 1 unspecified atom stereocenters. The molecule has 0 radical (unpaired) electrons. The Morgan fingerprint density at radius 3 is 2.33 bits per heavy atom. The Balaban J connectivity index is 0.000000720. The van der Waals surface area contributed by atoms with Crippen molar-refractivity contribution in [1.82, 2.24) is 5.32 Å². The van der Waals surface area contributed by atoms with Crippen molar-refractivity contribution < 1.29 is 4.74 Å². The van der Waals surface area contributed by atoms with Crippen molar-refractivity contribution >= 4 is 12.4 Å². The monoisotopic (exact) mass is 191 g/mol. The Kier molecular flexibility index (Phi) is 3.38. The minimum absolute atomic E-state index is 0. The van der Waals surface area contributed by atoms with Crippen molar-refractivity contribution in [2.45, 2.75) is 31.8 Å². The summed E-state index contributed by atoms with van der Waals surface area (Å²) in [4.78, 5) is 0. The molecular weight excluding hydrogens is 174 g/mol. The molecule has 0 aromatic heterocycles. The first kappa shape index (κ1) is 10.3. The van der Waals surface area contributed by atoms with Gasteiger partial charge < -0.3 is 10.1 Å². The Morgan fingerprint density at radius 2 is 1.92 bits per heavy atom. The molecule has 1 aliphatic carbocycles. The Morgan fingerprint density at radius 1 is 1.25 bits per heavy atom. The Labute approximate surface area is 80.5 Å². The predicted octanol–water partition coefficient (Wildman–Crippen LogP) is 1.59. The van der Waals surface area contributed by atoms with Crippen molar-refractivity contribution in [2.24, 2.45) is 5.41 Å². The van der Waals surface area contributed by atoms with E-state index in [2.05, 4.69) is 5.32 Å². The average Bonchev–Trinajstić information content (AvgIpc) is 2.05. The number of piperidine rings is 1. The minimum atomic E-state index is 0. The molecule has 1 aliphatic heterocycles. The van der Waals surface area contributed by atoms with Gasteiger partial charge in [0.25, 0.3) is 0 Å². The third-order valence-electron chi connectivity index (χ3n) is 3.47. The molecular formula is C9H18ClNO. The molecule has 1 saturated heterocycles. The van der Waals surface area contributed by atoms with Crippen LogP contribution >= 0.6 is 12.4 Å². The largest absolute Gasteiger partial charge is 0.381 e. The third-order valence-corrected chi connectivity index (χ3v) is 3.47. The van der Waals surface area contributed by atoms with Crippen LogP contribution in [0.25, 0.3) is 0 Å². The fourth-order valence-corrected chi connectivity index (χ4v) is 2.53. The molecule has 2 aliphatic rings. The zero-order chi connectivity index (χ0) is 7.73. The molecule has 0 aromatic carbocycles. The van der Waals surface area contributed by atoms with Crippen molar-refractivity contribution in [2.75, 3.05) is 20.2 Å². The van der Waals surface area contributed by atoms with Gasteiger partial charge in [0.2, 0.25) is 0 Å². The predicted molar refractivity (Wildman–Crippen MR) is 51.8 cm³/mol. The highest BCUT2D eigenvalue weighted by molar-refractivity contribution is 5.85. The number of halogens is 1. The van der Waals surface area contributed by atoms with Crippen molar-refractivity contribution in [3.63, 3.8) is 0 Å². The fourth-order valence-electron chi connectivity index (χ4n) is 2.53. The van der Waals surface area contributed by atoms with E-state index in [1.165, 1.54) is 38.8 Å². The van der Waals surface area contributed by atoms with E-state index in [4.69, 9.17) is 4.74 Å². The number of rotatable bonds is 1. The van der Waals surface area contributed by atoms with Crippen LogP contribution in [0, 0.1) is 5.41 Å². The standard InChI is InChI=1S/C9H17NO.ClH/c1-11-8-2-3-9(8)4-6-10-7-5-9;/h8,10H,2-7H2,1H3;1H. The number of methoxy groups -OCH3 is 1. The van der Waals surface area contributed by atoms with Gasteiger partial charge in [0.15, 0.2) is 0 Å². The molecule has 1 saturated carbocycles. The molecule has 0 amide bonds. The van der Waals surface area contributed by atoms with Crippen LogP contribution in [0.3, 0.4) is 0 Å². The molecule has 72 valence electrons. The second kappa shape index (κ2) is 3.95. The smallest absolute Gasteiger partial charge is 0.0628 e. The van der Waals surface area contributed by atoms with E-state index in [1.54, 1.807) is 0 Å². The molecule has 2 nitrogen and oxygen atoms in total. The second-order valence-electron chi connectivity index (χ2n) is 3.88. The molecule has 1 atom stereocenters. The number of ether oxygens (including phenoxy) is 1. The quantitative estimate of drug-likeness (QED) is 0.680. The van der Waals surface area contributed by atoms with Gasteiger partial charge in [-0.05, 0) is 44.2 Å². The highest BCUT2D eigenvalue weighted by Crippen LogP contribution is 2.49. The summed E-state index contributed by atoms with van der Waals surface area (Å²) in [6.07, 6.45) is 5.91. The van der Waals surface area contributed by atoms with Crippen molar-refractivity contribution in [1.29, 1.82) is 0 Å². The summed E-state index contributed by atoms with van der Waals surface area (Å²) in [5.74, 6) is 0. The van der Waals surface area contributed by atoms with Crippen LogP contribution in [0.5, 0.6) is 0 Å². The molecule has 3 heteroatoms. The first-order valence-corrected chi connectivity index (χ1v) is 4.61. The van der Waals surface area contributed by atoms with Gasteiger partial charge in [-0.25, -0.2) is 0 Å².